The maximum Gasteiger partial charge on any atom is -0.00928 e. The zero-order valence-corrected chi connectivity index (χ0v) is 32.9. The maximum absolute atomic E-state index is 2.42. The van der Waals surface area contributed by atoms with Crippen LogP contribution in [0.2, 0.25) is 0 Å². The third-order valence-electron chi connectivity index (χ3n) is 12.6. The van der Waals surface area contributed by atoms with Gasteiger partial charge < -0.3 is 0 Å². The molecule has 0 nitrogen and oxygen atoms in total. The molecule has 0 fully saturated rings. The monoisotopic (exact) mass is 758 g/mol. The minimum atomic E-state index is 1.18. The first kappa shape index (κ1) is 34.3. The Labute approximate surface area is 349 Å². The molecule has 0 spiro atoms. The first-order chi connectivity index (χ1) is 29.7. The van der Waals surface area contributed by atoms with Crippen LogP contribution in [-0.2, 0) is 0 Å². The van der Waals surface area contributed by atoms with Crippen molar-refractivity contribution in [1.82, 2.24) is 0 Å². The van der Waals surface area contributed by atoms with Gasteiger partial charge in [-0.3, -0.25) is 0 Å². The van der Waals surface area contributed by atoms with E-state index in [9.17, 15) is 0 Å². The van der Waals surface area contributed by atoms with Crippen molar-refractivity contribution in [2.75, 3.05) is 0 Å². The van der Waals surface area contributed by atoms with Crippen LogP contribution in [0.15, 0.2) is 231 Å². The molecular weight excluding hydrogens is 721 g/mol. The van der Waals surface area contributed by atoms with Gasteiger partial charge in [0.1, 0.15) is 0 Å². The minimum Gasteiger partial charge on any atom is -0.0622 e. The molecule has 0 saturated heterocycles. The Balaban J connectivity index is 1.13. The molecule has 0 N–H and O–H groups in total. The lowest BCUT2D eigenvalue weighted by atomic mass is 9.87. The van der Waals surface area contributed by atoms with Gasteiger partial charge >= 0.3 is 0 Å². The highest BCUT2D eigenvalue weighted by molar-refractivity contribution is 6.27. The summed E-state index contributed by atoms with van der Waals surface area (Å²) in [7, 11) is 0. The lowest BCUT2D eigenvalue weighted by Gasteiger charge is -2.16. The van der Waals surface area contributed by atoms with Gasteiger partial charge in [-0.1, -0.05) is 182 Å². The summed E-state index contributed by atoms with van der Waals surface area (Å²) in [6.07, 6.45) is 0. The smallest absolute Gasteiger partial charge is 0.00928 e. The Morgan fingerprint density at radius 1 is 0.117 bits per heavy atom. The van der Waals surface area contributed by atoms with E-state index in [1.807, 2.05) is 0 Å². The standard InChI is InChI=1S/C60H38/c1-3-15-39(16-4-1)43-31-44(40-17-5-2-6-18-40)33-47(32-43)48-35-45(41-27-29-57-53-23-9-7-19-49(53)51-21-11-13-25-55(51)59(57)37-41)34-46(36-48)42-28-30-58-54-24-10-8-20-50(54)52-22-12-14-26-56(52)60(58)38-42/h1-38H. The number of benzene rings is 12. The highest BCUT2D eigenvalue weighted by Gasteiger charge is 2.15. The van der Waals surface area contributed by atoms with Crippen LogP contribution in [-0.4, -0.2) is 0 Å². The Hall–Kier alpha value is -7.80. The Morgan fingerprint density at radius 3 is 0.633 bits per heavy atom. The second kappa shape index (κ2) is 13.9. The van der Waals surface area contributed by atoms with E-state index < -0.39 is 0 Å². The molecule has 12 rings (SSSR count). The molecule has 0 bridgehead atoms. The largest absolute Gasteiger partial charge is 0.0622 e. The predicted octanol–water partition coefficient (Wildman–Crippen LogP) is 16.9. The van der Waals surface area contributed by atoms with Gasteiger partial charge in [-0.15, -0.1) is 0 Å². The Morgan fingerprint density at radius 2 is 0.333 bits per heavy atom. The van der Waals surface area contributed by atoms with Gasteiger partial charge in [0.05, 0.1) is 0 Å². The molecule has 0 amide bonds. The van der Waals surface area contributed by atoms with Gasteiger partial charge in [0.2, 0.25) is 0 Å². The fourth-order valence-electron chi connectivity index (χ4n) is 9.69. The third kappa shape index (κ3) is 5.69. The predicted molar refractivity (Wildman–Crippen MR) is 259 cm³/mol. The summed E-state index contributed by atoms with van der Waals surface area (Å²) < 4.78 is 0. The first-order valence-corrected chi connectivity index (χ1v) is 20.8. The summed E-state index contributed by atoms with van der Waals surface area (Å²) in [5.74, 6) is 0. The van der Waals surface area contributed by atoms with Crippen LogP contribution < -0.4 is 0 Å². The summed E-state index contributed by atoms with van der Waals surface area (Å²) in [6, 6.07) is 85.3. The van der Waals surface area contributed by atoms with E-state index >= 15 is 0 Å². The number of fused-ring (bicyclic) bond motifs is 12. The van der Waals surface area contributed by atoms with Crippen molar-refractivity contribution in [3.63, 3.8) is 0 Å². The van der Waals surface area contributed by atoms with Crippen LogP contribution in [0, 0.1) is 0 Å². The molecule has 12 aromatic rings. The van der Waals surface area contributed by atoms with Crippen LogP contribution >= 0.6 is 0 Å². The van der Waals surface area contributed by atoms with Crippen LogP contribution in [0.4, 0.5) is 0 Å². The van der Waals surface area contributed by atoms with Crippen LogP contribution in [0.1, 0.15) is 0 Å². The second-order valence-electron chi connectivity index (χ2n) is 16.0. The normalized spacial score (nSPS) is 11.7. The van der Waals surface area contributed by atoms with Crippen LogP contribution in [0.5, 0.6) is 0 Å². The van der Waals surface area contributed by atoms with Crippen molar-refractivity contribution >= 4 is 64.6 Å². The van der Waals surface area contributed by atoms with Crippen molar-refractivity contribution in [3.8, 4) is 55.6 Å². The molecular formula is C60H38. The zero-order valence-electron chi connectivity index (χ0n) is 32.9. The van der Waals surface area contributed by atoms with Crippen molar-refractivity contribution in [2.45, 2.75) is 0 Å². The van der Waals surface area contributed by atoms with Crippen molar-refractivity contribution in [1.29, 1.82) is 0 Å². The number of rotatable bonds is 5. The van der Waals surface area contributed by atoms with Gasteiger partial charge in [0.15, 0.2) is 0 Å². The third-order valence-corrected chi connectivity index (χ3v) is 12.6. The molecule has 278 valence electrons. The summed E-state index contributed by atoms with van der Waals surface area (Å²) in [5, 5.41) is 15.4. The molecule has 0 radical (unpaired) electrons. The van der Waals surface area contributed by atoms with E-state index in [0.29, 0.717) is 0 Å². The van der Waals surface area contributed by atoms with Gasteiger partial charge in [-0.25, -0.2) is 0 Å². The van der Waals surface area contributed by atoms with E-state index in [1.165, 1.54) is 120 Å². The average Bonchev–Trinajstić information content (AvgIpc) is 3.34. The van der Waals surface area contributed by atoms with E-state index in [-0.39, 0.29) is 0 Å². The number of hydrogen-bond donors (Lipinski definition) is 0. The molecule has 0 heteroatoms. The van der Waals surface area contributed by atoms with E-state index in [1.54, 1.807) is 0 Å². The minimum absolute atomic E-state index is 1.18. The lowest BCUT2D eigenvalue weighted by Crippen LogP contribution is -1.90. The first-order valence-electron chi connectivity index (χ1n) is 20.8. The van der Waals surface area contributed by atoms with Crippen LogP contribution in [0.3, 0.4) is 0 Å². The second-order valence-corrected chi connectivity index (χ2v) is 16.0. The van der Waals surface area contributed by atoms with Crippen molar-refractivity contribution in [2.24, 2.45) is 0 Å². The highest BCUT2D eigenvalue weighted by atomic mass is 14.2. The zero-order chi connectivity index (χ0) is 39.6. The highest BCUT2D eigenvalue weighted by Crippen LogP contribution is 2.42. The lowest BCUT2D eigenvalue weighted by molar-refractivity contribution is 1.55. The maximum atomic E-state index is 2.42. The molecule has 0 aliphatic heterocycles. The van der Waals surface area contributed by atoms with E-state index in [4.69, 9.17) is 0 Å². The molecule has 0 atom stereocenters. The molecule has 12 aromatic carbocycles. The van der Waals surface area contributed by atoms with Crippen molar-refractivity contribution < 1.29 is 0 Å². The van der Waals surface area contributed by atoms with Gasteiger partial charge in [-0.2, -0.15) is 0 Å². The van der Waals surface area contributed by atoms with Crippen LogP contribution in [0.25, 0.3) is 120 Å². The van der Waals surface area contributed by atoms with Gasteiger partial charge in [-0.05, 0) is 169 Å². The van der Waals surface area contributed by atoms with Crippen molar-refractivity contribution in [3.05, 3.63) is 231 Å². The Bertz CT molecular complexity index is 3330. The van der Waals surface area contributed by atoms with E-state index in [0.717, 1.165) is 0 Å². The summed E-state index contributed by atoms with van der Waals surface area (Å²) >= 11 is 0. The molecule has 0 aliphatic rings. The SMILES string of the molecule is c1ccc(-c2cc(-c3ccccc3)cc(-c3cc(-c4ccc5c6ccccc6c6ccccc6c5c4)cc(-c4ccc5c6ccccc6c6ccccc6c5c4)c3)c2)cc1. The fraction of sp³-hybridized carbons (Fsp3) is 0. The van der Waals surface area contributed by atoms with Gasteiger partial charge in [0.25, 0.3) is 0 Å². The Kier molecular flexibility index (Phi) is 7.96. The quantitative estimate of drug-likeness (QED) is 0.153. The topological polar surface area (TPSA) is 0 Å². The summed E-state index contributed by atoms with van der Waals surface area (Å²) in [6.45, 7) is 0. The molecule has 0 aliphatic carbocycles. The number of hydrogen-bond acceptors (Lipinski definition) is 0. The molecule has 0 unspecified atom stereocenters. The summed E-state index contributed by atoms with van der Waals surface area (Å²) in [4.78, 5) is 0. The molecule has 0 saturated carbocycles. The average molecular weight is 759 g/mol. The molecule has 0 aromatic heterocycles. The molecule has 0 heterocycles. The summed E-state index contributed by atoms with van der Waals surface area (Å²) in [5.41, 5.74) is 12.0. The van der Waals surface area contributed by atoms with E-state index in [2.05, 4.69) is 231 Å². The fourth-order valence-corrected chi connectivity index (χ4v) is 9.69. The molecule has 60 heavy (non-hydrogen) atoms. The van der Waals surface area contributed by atoms with Gasteiger partial charge in [0, 0.05) is 0 Å².